The number of anilines is 2. The molecular formula is C27H26N6OS2. The van der Waals surface area contributed by atoms with Crippen LogP contribution in [0, 0.1) is 12.3 Å². The van der Waals surface area contributed by atoms with Crippen molar-refractivity contribution in [3.05, 3.63) is 82.2 Å². The average Bonchev–Trinajstić information content (AvgIpc) is 3.56. The molecule has 5 rings (SSSR count). The smallest absolute Gasteiger partial charge is 0.265 e. The number of hydrogen-bond acceptors (Lipinski definition) is 8. The van der Waals surface area contributed by atoms with E-state index in [4.69, 9.17) is 0 Å². The molecule has 4 aromatic rings. The minimum atomic E-state index is -0.335. The van der Waals surface area contributed by atoms with Gasteiger partial charge in [0.15, 0.2) is 5.71 Å². The van der Waals surface area contributed by atoms with Gasteiger partial charge in [0, 0.05) is 21.4 Å². The van der Waals surface area contributed by atoms with Crippen molar-refractivity contribution in [2.24, 2.45) is 15.6 Å². The Morgan fingerprint density at radius 1 is 0.972 bits per heavy atom. The molecule has 0 aliphatic carbocycles. The van der Waals surface area contributed by atoms with Gasteiger partial charge in [-0.05, 0) is 18.8 Å². The first kappa shape index (κ1) is 24.0. The van der Waals surface area contributed by atoms with Crippen LogP contribution in [0.25, 0.3) is 11.3 Å². The second-order valence-electron chi connectivity index (χ2n) is 9.65. The number of rotatable bonds is 6. The van der Waals surface area contributed by atoms with Gasteiger partial charge in [0.2, 0.25) is 10.3 Å². The van der Waals surface area contributed by atoms with Crippen molar-refractivity contribution in [2.45, 2.75) is 34.1 Å². The fourth-order valence-corrected chi connectivity index (χ4v) is 5.73. The molecule has 9 heteroatoms. The number of hydrogen-bond donors (Lipinski definition) is 1. The van der Waals surface area contributed by atoms with E-state index in [9.17, 15) is 4.79 Å². The van der Waals surface area contributed by atoms with Crippen molar-refractivity contribution < 1.29 is 4.79 Å². The minimum absolute atomic E-state index is 0.155. The molecule has 1 amide bonds. The zero-order valence-corrected chi connectivity index (χ0v) is 22.2. The molecule has 0 spiro atoms. The van der Waals surface area contributed by atoms with Gasteiger partial charge >= 0.3 is 5.91 Å². The molecule has 0 atom stereocenters. The standard InChI is InChI=1S/C27H26N6OS2/c1-17-21(15-27(2,3)4)36-25(28-17)31-30-23-22(19-13-9-6-10-14-19)32-33(24(23)34)26-29-20(16-35-26)18-11-7-5-8-12-18/h5-14,16H,15H2,1-4H3,(H,28,31)/b30-23-. The molecule has 0 saturated heterocycles. The molecule has 0 radical (unpaired) electrons. The van der Waals surface area contributed by atoms with Crippen molar-refractivity contribution in [3.8, 4) is 11.3 Å². The maximum Gasteiger partial charge on any atom is 0.303 e. The molecule has 1 aliphatic rings. The number of aromatic nitrogens is 2. The number of carbonyl (C=O) groups excluding carboxylic acids is 1. The highest BCUT2D eigenvalue weighted by atomic mass is 32.1. The number of benzene rings is 2. The largest absolute Gasteiger partial charge is 0.303 e. The van der Waals surface area contributed by atoms with E-state index in [1.807, 2.05) is 73.0 Å². The Labute approximate surface area is 218 Å². The predicted molar refractivity (Wildman–Crippen MR) is 149 cm³/mol. The Kier molecular flexibility index (Phi) is 6.51. The molecule has 182 valence electrons. The first-order chi connectivity index (χ1) is 17.3. The lowest BCUT2D eigenvalue weighted by atomic mass is 9.91. The van der Waals surface area contributed by atoms with Gasteiger partial charge in [-0.25, -0.2) is 9.97 Å². The van der Waals surface area contributed by atoms with Crippen LogP contribution in [-0.4, -0.2) is 27.3 Å². The van der Waals surface area contributed by atoms with Gasteiger partial charge in [0.1, 0.15) is 5.71 Å². The quantitative estimate of drug-likeness (QED) is 0.303. The third-order valence-corrected chi connectivity index (χ3v) is 7.33. The normalized spacial score (nSPS) is 15.0. The zero-order chi connectivity index (χ0) is 25.3. The van der Waals surface area contributed by atoms with E-state index in [0.717, 1.165) is 28.9 Å². The third-order valence-electron chi connectivity index (χ3n) is 5.46. The molecule has 0 fully saturated rings. The second kappa shape index (κ2) is 9.75. The fraction of sp³-hybridized carbons (Fsp3) is 0.222. The van der Waals surface area contributed by atoms with Gasteiger partial charge < -0.3 is 0 Å². The van der Waals surface area contributed by atoms with Gasteiger partial charge in [-0.2, -0.15) is 15.2 Å². The van der Waals surface area contributed by atoms with Crippen molar-refractivity contribution in [2.75, 3.05) is 10.4 Å². The zero-order valence-electron chi connectivity index (χ0n) is 20.5. The van der Waals surface area contributed by atoms with Crippen LogP contribution in [0.3, 0.4) is 0 Å². The Hall–Kier alpha value is -3.69. The second-order valence-corrected chi connectivity index (χ2v) is 11.6. The third kappa shape index (κ3) is 5.12. The summed E-state index contributed by atoms with van der Waals surface area (Å²) in [5, 5.41) is 13.5. The fourth-order valence-electron chi connectivity index (χ4n) is 3.74. The van der Waals surface area contributed by atoms with E-state index in [1.165, 1.54) is 21.2 Å². The van der Waals surface area contributed by atoms with E-state index in [2.05, 4.69) is 46.4 Å². The molecule has 2 aromatic heterocycles. The Bertz CT molecular complexity index is 1450. The van der Waals surface area contributed by atoms with Gasteiger partial charge in [0.25, 0.3) is 0 Å². The highest BCUT2D eigenvalue weighted by Crippen LogP contribution is 2.32. The van der Waals surface area contributed by atoms with Crippen molar-refractivity contribution in [1.82, 2.24) is 9.97 Å². The molecule has 1 N–H and O–H groups in total. The van der Waals surface area contributed by atoms with Crippen LogP contribution in [0.1, 0.15) is 36.9 Å². The maximum absolute atomic E-state index is 13.5. The molecule has 0 saturated carbocycles. The van der Waals surface area contributed by atoms with Crippen LogP contribution < -0.4 is 10.4 Å². The van der Waals surface area contributed by atoms with Crippen LogP contribution >= 0.6 is 22.7 Å². The SMILES string of the molecule is Cc1nc(N/N=C2\C(=O)N(c3nc(-c4ccccc4)cs3)N=C2c2ccccc2)sc1CC(C)(C)C. The number of nitrogens with zero attached hydrogens (tertiary/aromatic N) is 5. The summed E-state index contributed by atoms with van der Waals surface area (Å²) in [6, 6.07) is 19.4. The molecule has 7 nitrogen and oxygen atoms in total. The highest BCUT2D eigenvalue weighted by molar-refractivity contribution is 7.15. The van der Waals surface area contributed by atoms with E-state index in [0.29, 0.717) is 16.0 Å². The highest BCUT2D eigenvalue weighted by Gasteiger charge is 2.36. The van der Waals surface area contributed by atoms with Gasteiger partial charge in [0.05, 0.1) is 11.4 Å². The summed E-state index contributed by atoms with van der Waals surface area (Å²) in [4.78, 5) is 24.0. The van der Waals surface area contributed by atoms with Gasteiger partial charge in [-0.1, -0.05) is 81.4 Å². The number of carbonyl (C=O) groups is 1. The summed E-state index contributed by atoms with van der Waals surface area (Å²) >= 11 is 2.93. The van der Waals surface area contributed by atoms with Crippen LogP contribution in [0.4, 0.5) is 10.3 Å². The van der Waals surface area contributed by atoms with Crippen LogP contribution in [0.15, 0.2) is 76.2 Å². The molecule has 1 aliphatic heterocycles. The van der Waals surface area contributed by atoms with Gasteiger partial charge in [-0.3, -0.25) is 10.2 Å². The molecule has 0 bridgehead atoms. The van der Waals surface area contributed by atoms with E-state index in [1.54, 1.807) is 11.3 Å². The van der Waals surface area contributed by atoms with E-state index < -0.39 is 0 Å². The van der Waals surface area contributed by atoms with Crippen LogP contribution in [0.2, 0.25) is 0 Å². The molecule has 0 unspecified atom stereocenters. The number of hydrazone groups is 2. The van der Waals surface area contributed by atoms with Crippen LogP contribution in [-0.2, 0) is 11.2 Å². The number of nitrogens with one attached hydrogen (secondary N) is 1. The Balaban J connectivity index is 1.46. The number of thiazole rings is 2. The number of amides is 1. The molecule has 3 heterocycles. The predicted octanol–water partition coefficient (Wildman–Crippen LogP) is 6.38. The van der Waals surface area contributed by atoms with Crippen LogP contribution in [0.5, 0.6) is 0 Å². The van der Waals surface area contributed by atoms with Crippen molar-refractivity contribution in [3.63, 3.8) is 0 Å². The first-order valence-electron chi connectivity index (χ1n) is 11.6. The topological polar surface area (TPSA) is 82.8 Å². The summed E-state index contributed by atoms with van der Waals surface area (Å²) in [6.07, 6.45) is 0.923. The summed E-state index contributed by atoms with van der Waals surface area (Å²) in [6.45, 7) is 8.61. The molecule has 2 aromatic carbocycles. The van der Waals surface area contributed by atoms with E-state index in [-0.39, 0.29) is 17.0 Å². The van der Waals surface area contributed by atoms with Crippen molar-refractivity contribution in [1.29, 1.82) is 0 Å². The Morgan fingerprint density at radius 3 is 2.31 bits per heavy atom. The molecule has 36 heavy (non-hydrogen) atoms. The molecular weight excluding hydrogens is 488 g/mol. The lowest BCUT2D eigenvalue weighted by Gasteiger charge is -2.16. The summed E-state index contributed by atoms with van der Waals surface area (Å²) < 4.78 is 0. The van der Waals surface area contributed by atoms with Crippen molar-refractivity contribution >= 4 is 50.3 Å². The van der Waals surface area contributed by atoms with E-state index >= 15 is 0 Å². The lowest BCUT2D eigenvalue weighted by Crippen LogP contribution is -2.28. The summed E-state index contributed by atoms with van der Waals surface area (Å²) in [5.74, 6) is -0.335. The van der Waals surface area contributed by atoms with Gasteiger partial charge in [-0.15, -0.1) is 22.7 Å². The Morgan fingerprint density at radius 2 is 1.64 bits per heavy atom. The first-order valence-corrected chi connectivity index (χ1v) is 13.3. The number of aryl methyl sites for hydroxylation is 1. The average molecular weight is 515 g/mol. The summed E-state index contributed by atoms with van der Waals surface area (Å²) in [7, 11) is 0. The monoisotopic (exact) mass is 514 g/mol. The minimum Gasteiger partial charge on any atom is -0.265 e. The maximum atomic E-state index is 13.5. The summed E-state index contributed by atoms with van der Waals surface area (Å²) in [5.41, 5.74) is 7.45. The lowest BCUT2D eigenvalue weighted by molar-refractivity contribution is -0.112.